The number of hydrogen-bond acceptors (Lipinski definition) is 9. The number of alkyl carbamates (subject to hydrolysis) is 1. The average molecular weight is 634 g/mol. The van der Waals surface area contributed by atoms with Crippen LogP contribution < -0.4 is 21.1 Å². The zero-order valence-electron chi connectivity index (χ0n) is 26.9. The molecule has 45 heavy (non-hydrogen) atoms. The van der Waals surface area contributed by atoms with Gasteiger partial charge in [-0.3, -0.25) is 19.2 Å². The number of nitrogens with two attached hydrogens (primary N) is 1. The van der Waals surface area contributed by atoms with E-state index in [1.54, 1.807) is 45.0 Å². The Morgan fingerprint density at radius 2 is 1.62 bits per heavy atom. The summed E-state index contributed by atoms with van der Waals surface area (Å²) in [6, 6.07) is 3.28. The van der Waals surface area contributed by atoms with Crippen LogP contribution in [0.25, 0.3) is 0 Å². The normalized spacial score (nSPS) is 22.6. The van der Waals surface area contributed by atoms with E-state index >= 15 is 0 Å². The third-order valence-corrected chi connectivity index (χ3v) is 8.15. The van der Waals surface area contributed by atoms with Gasteiger partial charge in [-0.1, -0.05) is 12.1 Å². The van der Waals surface area contributed by atoms with Crippen LogP contribution >= 0.6 is 0 Å². The summed E-state index contributed by atoms with van der Waals surface area (Å²) >= 11 is 0. The lowest BCUT2D eigenvalue weighted by atomic mass is 9.86. The summed E-state index contributed by atoms with van der Waals surface area (Å²) in [5.74, 6) is -2.11. The van der Waals surface area contributed by atoms with Crippen LogP contribution in [-0.4, -0.2) is 111 Å². The first-order valence-corrected chi connectivity index (χ1v) is 15.2. The maximum Gasteiger partial charge on any atom is 0.408 e. The van der Waals surface area contributed by atoms with Gasteiger partial charge in [0.2, 0.25) is 23.6 Å². The molecule has 6 N–H and O–H groups in total. The molecule has 14 heteroatoms. The Labute approximate surface area is 263 Å². The fraction of sp³-hybridized carbons (Fsp3) is 0.645. The number of carbonyl (C=O) groups is 5. The summed E-state index contributed by atoms with van der Waals surface area (Å²) in [7, 11) is 1.53. The zero-order valence-corrected chi connectivity index (χ0v) is 26.9. The molecule has 2 fully saturated rings. The third kappa shape index (κ3) is 8.42. The monoisotopic (exact) mass is 633 g/mol. The van der Waals surface area contributed by atoms with E-state index in [4.69, 9.17) is 15.2 Å². The molecule has 5 amide bonds. The van der Waals surface area contributed by atoms with Crippen molar-refractivity contribution in [1.82, 2.24) is 20.4 Å². The summed E-state index contributed by atoms with van der Waals surface area (Å²) in [6.45, 7) is 8.08. The predicted molar refractivity (Wildman–Crippen MR) is 163 cm³/mol. The van der Waals surface area contributed by atoms with Crippen LogP contribution in [0.2, 0.25) is 0 Å². The number of nitrogens with one attached hydrogen (secondary N) is 2. The van der Waals surface area contributed by atoms with Crippen LogP contribution in [0.5, 0.6) is 5.75 Å². The Balaban J connectivity index is 1.95. The SMILES string of the molecule is COc1ccc(C[C@@]2(C(=O)N[C@H](C(N)=O)[C@@H](C)O)CCCN2C(=O)[C@@H]2CCCN2C(=O)[C@@H](NC(=O)OC(C)(C)C)[C@@H](C)O)cc1. The van der Waals surface area contributed by atoms with Crippen molar-refractivity contribution in [3.8, 4) is 5.75 Å². The number of primary amides is 1. The minimum Gasteiger partial charge on any atom is -0.497 e. The number of nitrogens with zero attached hydrogens (tertiary/aromatic N) is 2. The molecule has 1 aromatic rings. The van der Waals surface area contributed by atoms with E-state index in [9.17, 15) is 34.2 Å². The van der Waals surface area contributed by atoms with Crippen LogP contribution in [0.15, 0.2) is 24.3 Å². The van der Waals surface area contributed by atoms with Gasteiger partial charge >= 0.3 is 6.09 Å². The molecule has 14 nitrogen and oxygen atoms in total. The second-order valence-electron chi connectivity index (χ2n) is 12.8. The van der Waals surface area contributed by atoms with Gasteiger partial charge in [0.25, 0.3) is 0 Å². The molecular formula is C31H47N5O9. The van der Waals surface area contributed by atoms with E-state index in [2.05, 4.69) is 10.6 Å². The minimum atomic E-state index is -1.47. The molecular weight excluding hydrogens is 586 g/mol. The zero-order chi connectivity index (χ0) is 33.7. The predicted octanol–water partition coefficient (Wildman–Crippen LogP) is 0.215. The molecule has 2 heterocycles. The first kappa shape index (κ1) is 35.6. The number of hydrogen-bond donors (Lipinski definition) is 5. The minimum absolute atomic E-state index is 0.0804. The largest absolute Gasteiger partial charge is 0.497 e. The molecule has 6 atom stereocenters. The van der Waals surface area contributed by atoms with Gasteiger partial charge in [0.1, 0.15) is 35.0 Å². The summed E-state index contributed by atoms with van der Waals surface area (Å²) < 4.78 is 10.5. The van der Waals surface area contributed by atoms with Crippen LogP contribution in [0.4, 0.5) is 4.79 Å². The molecule has 2 aliphatic rings. The standard InChI is InChI=1S/C31H47N5O9/c1-18(37)23(25(32)39)33-28(42)31(17-20-10-12-21(44-6)13-11-20)14-8-16-36(31)26(40)22-9-7-15-35(22)27(41)24(19(2)38)34-29(43)45-30(3,4)5/h10-13,18-19,22-24,37-38H,7-9,14-17H2,1-6H3,(H2,32,39)(H,33,42)(H,34,43)/t18-,19-,22+,23+,24+,31-/m1/s1. The van der Waals surface area contributed by atoms with E-state index < -0.39 is 71.2 Å². The fourth-order valence-corrected chi connectivity index (χ4v) is 5.95. The molecule has 0 unspecified atom stereocenters. The Kier molecular flexibility index (Phi) is 11.4. The van der Waals surface area contributed by atoms with Gasteiger partial charge in [0.15, 0.2) is 0 Å². The van der Waals surface area contributed by atoms with Gasteiger partial charge in [0, 0.05) is 19.5 Å². The second-order valence-corrected chi connectivity index (χ2v) is 12.8. The van der Waals surface area contributed by atoms with Crippen LogP contribution in [-0.2, 0) is 30.3 Å². The molecule has 250 valence electrons. The maximum absolute atomic E-state index is 14.3. The Hall–Kier alpha value is -3.91. The summed E-state index contributed by atoms with van der Waals surface area (Å²) in [4.78, 5) is 69.5. The van der Waals surface area contributed by atoms with E-state index in [-0.39, 0.29) is 25.9 Å². The lowest BCUT2D eigenvalue weighted by Crippen LogP contribution is -2.65. The lowest BCUT2D eigenvalue weighted by molar-refractivity contribution is -0.153. The molecule has 2 aliphatic heterocycles. The average Bonchev–Trinajstić information content (AvgIpc) is 3.61. The highest BCUT2D eigenvalue weighted by Gasteiger charge is 2.53. The van der Waals surface area contributed by atoms with E-state index in [1.807, 2.05) is 0 Å². The molecule has 0 saturated carbocycles. The molecule has 3 rings (SSSR count). The van der Waals surface area contributed by atoms with Crippen molar-refractivity contribution >= 4 is 29.7 Å². The van der Waals surface area contributed by atoms with Crippen molar-refractivity contribution < 1.29 is 43.7 Å². The van der Waals surface area contributed by atoms with Crippen molar-refractivity contribution in [2.45, 2.75) is 108 Å². The number of carbonyl (C=O) groups excluding carboxylic acids is 5. The molecule has 0 aromatic heterocycles. The van der Waals surface area contributed by atoms with Crippen molar-refractivity contribution in [2.75, 3.05) is 20.2 Å². The number of ether oxygens (including phenoxy) is 2. The highest BCUT2D eigenvalue weighted by Crippen LogP contribution is 2.36. The van der Waals surface area contributed by atoms with Gasteiger partial charge in [-0.15, -0.1) is 0 Å². The van der Waals surface area contributed by atoms with Crippen molar-refractivity contribution in [2.24, 2.45) is 5.73 Å². The molecule has 0 bridgehead atoms. The molecule has 2 saturated heterocycles. The highest BCUT2D eigenvalue weighted by molar-refractivity contribution is 5.98. The third-order valence-electron chi connectivity index (χ3n) is 8.15. The fourth-order valence-electron chi connectivity index (χ4n) is 5.95. The summed E-state index contributed by atoms with van der Waals surface area (Å²) in [5.41, 5.74) is 3.88. The number of aliphatic hydroxyl groups is 2. The number of aliphatic hydroxyl groups excluding tert-OH is 2. The van der Waals surface area contributed by atoms with E-state index in [0.29, 0.717) is 30.6 Å². The van der Waals surface area contributed by atoms with Gasteiger partial charge < -0.3 is 45.9 Å². The number of amides is 5. The first-order chi connectivity index (χ1) is 21.0. The maximum atomic E-state index is 14.3. The molecule has 1 aromatic carbocycles. The number of benzene rings is 1. The molecule has 0 spiro atoms. The number of rotatable bonds is 11. The van der Waals surface area contributed by atoms with Gasteiger partial charge in [0.05, 0.1) is 19.3 Å². The summed E-state index contributed by atoms with van der Waals surface area (Å²) in [5, 5.41) is 25.6. The van der Waals surface area contributed by atoms with E-state index in [1.165, 1.54) is 30.8 Å². The smallest absolute Gasteiger partial charge is 0.408 e. The van der Waals surface area contributed by atoms with Crippen LogP contribution in [0.3, 0.4) is 0 Å². The first-order valence-electron chi connectivity index (χ1n) is 15.2. The van der Waals surface area contributed by atoms with Gasteiger partial charge in [-0.2, -0.15) is 0 Å². The van der Waals surface area contributed by atoms with Gasteiger partial charge in [-0.05, 0) is 78.0 Å². The van der Waals surface area contributed by atoms with Crippen LogP contribution in [0.1, 0.15) is 65.9 Å². The topological polar surface area (TPSA) is 201 Å². The Bertz CT molecular complexity index is 1250. The second kappa shape index (κ2) is 14.5. The van der Waals surface area contributed by atoms with Crippen molar-refractivity contribution in [3.63, 3.8) is 0 Å². The van der Waals surface area contributed by atoms with Crippen molar-refractivity contribution in [1.29, 1.82) is 0 Å². The summed E-state index contributed by atoms with van der Waals surface area (Å²) in [6.07, 6.45) is -1.89. The van der Waals surface area contributed by atoms with E-state index in [0.717, 1.165) is 0 Å². The highest BCUT2D eigenvalue weighted by atomic mass is 16.6. The molecule has 0 aliphatic carbocycles. The van der Waals surface area contributed by atoms with Crippen LogP contribution in [0, 0.1) is 0 Å². The quantitative estimate of drug-likeness (QED) is 0.226. The van der Waals surface area contributed by atoms with Crippen molar-refractivity contribution in [3.05, 3.63) is 29.8 Å². The Morgan fingerprint density at radius 1 is 1.00 bits per heavy atom. The number of likely N-dealkylation sites (tertiary alicyclic amines) is 2. The van der Waals surface area contributed by atoms with Gasteiger partial charge in [-0.25, -0.2) is 4.79 Å². The lowest BCUT2D eigenvalue weighted by Gasteiger charge is -2.41. The number of methoxy groups -OCH3 is 1. The Morgan fingerprint density at radius 3 is 2.16 bits per heavy atom. The molecule has 0 radical (unpaired) electrons.